The Morgan fingerprint density at radius 1 is 1.12 bits per heavy atom. The van der Waals surface area contributed by atoms with Gasteiger partial charge in [0.1, 0.15) is 0 Å². The normalized spacial score (nSPS) is 18.6. The van der Waals surface area contributed by atoms with Crippen LogP contribution in [0.5, 0.6) is 0 Å². The van der Waals surface area contributed by atoms with Gasteiger partial charge in [-0.05, 0) is 43.7 Å². The highest BCUT2D eigenvalue weighted by atomic mass is 16.2. The highest BCUT2D eigenvalue weighted by molar-refractivity contribution is 5.78. The van der Waals surface area contributed by atoms with E-state index in [0.717, 1.165) is 19.4 Å². The molecule has 2 heteroatoms. The summed E-state index contributed by atoms with van der Waals surface area (Å²) in [5.74, 6) is 0.548. The summed E-state index contributed by atoms with van der Waals surface area (Å²) in [6.45, 7) is 7.30. The average Bonchev–Trinajstić information content (AvgIpc) is 3.04. The Bertz CT molecular complexity index is 687. The Kier molecular flexibility index (Phi) is 5.03. The predicted octanol–water partition coefficient (Wildman–Crippen LogP) is 5.16. The quantitative estimate of drug-likeness (QED) is 0.761. The van der Waals surface area contributed by atoms with Crippen LogP contribution in [0, 0.1) is 13.8 Å². The van der Waals surface area contributed by atoms with Crippen molar-refractivity contribution in [2.75, 3.05) is 6.54 Å². The van der Waals surface area contributed by atoms with E-state index >= 15 is 0 Å². The molecule has 126 valence electrons. The van der Waals surface area contributed by atoms with Gasteiger partial charge in [-0.25, -0.2) is 0 Å². The highest BCUT2D eigenvalue weighted by Crippen LogP contribution is 2.34. The van der Waals surface area contributed by atoms with Crippen LogP contribution >= 0.6 is 0 Å². The Morgan fingerprint density at radius 2 is 1.79 bits per heavy atom. The molecule has 2 unspecified atom stereocenters. The van der Waals surface area contributed by atoms with Gasteiger partial charge in [0.15, 0.2) is 0 Å². The molecule has 0 saturated carbocycles. The fraction of sp³-hybridized carbons (Fsp3) is 0.409. The summed E-state index contributed by atoms with van der Waals surface area (Å²) in [6, 6.07) is 17.3. The molecule has 0 spiro atoms. The second-order valence-corrected chi connectivity index (χ2v) is 7.18. The number of likely N-dealkylation sites (tertiary alicyclic amines) is 1. The zero-order chi connectivity index (χ0) is 17.1. The lowest BCUT2D eigenvalue weighted by Gasteiger charge is -2.27. The maximum Gasteiger partial charge on any atom is 0.223 e. The zero-order valence-electron chi connectivity index (χ0n) is 15.0. The van der Waals surface area contributed by atoms with Gasteiger partial charge in [-0.2, -0.15) is 0 Å². The topological polar surface area (TPSA) is 20.3 Å². The molecule has 3 rings (SSSR count). The minimum absolute atomic E-state index is 0.249. The van der Waals surface area contributed by atoms with Crippen molar-refractivity contribution in [1.82, 2.24) is 4.90 Å². The maximum atomic E-state index is 12.9. The van der Waals surface area contributed by atoms with Crippen LogP contribution in [0.25, 0.3) is 0 Å². The molecule has 2 atom stereocenters. The number of rotatable bonds is 4. The summed E-state index contributed by atoms with van der Waals surface area (Å²) in [7, 11) is 0. The van der Waals surface area contributed by atoms with Gasteiger partial charge in [0.05, 0.1) is 6.04 Å². The number of aryl methyl sites for hydroxylation is 2. The van der Waals surface area contributed by atoms with Crippen LogP contribution in [0.15, 0.2) is 48.5 Å². The summed E-state index contributed by atoms with van der Waals surface area (Å²) >= 11 is 0. The van der Waals surface area contributed by atoms with E-state index in [1.165, 1.54) is 22.3 Å². The van der Waals surface area contributed by atoms with Gasteiger partial charge < -0.3 is 4.90 Å². The first-order valence-electron chi connectivity index (χ1n) is 8.97. The third kappa shape index (κ3) is 3.69. The van der Waals surface area contributed by atoms with E-state index in [4.69, 9.17) is 0 Å². The molecule has 2 aromatic carbocycles. The van der Waals surface area contributed by atoms with Crippen LogP contribution in [-0.4, -0.2) is 17.4 Å². The minimum atomic E-state index is 0.249. The summed E-state index contributed by atoms with van der Waals surface area (Å²) in [5, 5.41) is 0. The molecule has 2 aromatic rings. The van der Waals surface area contributed by atoms with E-state index < -0.39 is 0 Å². The summed E-state index contributed by atoms with van der Waals surface area (Å²) in [5.41, 5.74) is 5.10. The van der Waals surface area contributed by atoms with E-state index in [0.29, 0.717) is 6.42 Å². The largest absolute Gasteiger partial charge is 0.336 e. The molecule has 1 saturated heterocycles. The minimum Gasteiger partial charge on any atom is -0.336 e. The molecule has 1 amide bonds. The van der Waals surface area contributed by atoms with Crippen molar-refractivity contribution < 1.29 is 4.79 Å². The molecular weight excluding hydrogens is 294 g/mol. The third-order valence-corrected chi connectivity index (χ3v) is 5.05. The lowest BCUT2D eigenvalue weighted by Crippen LogP contribution is -2.31. The molecule has 2 nitrogen and oxygen atoms in total. The molecule has 0 N–H and O–H groups in total. The molecule has 0 radical (unpaired) electrons. The molecule has 1 heterocycles. The van der Waals surface area contributed by atoms with Crippen molar-refractivity contribution in [3.63, 3.8) is 0 Å². The van der Waals surface area contributed by atoms with Crippen LogP contribution < -0.4 is 0 Å². The number of benzene rings is 2. The lowest BCUT2D eigenvalue weighted by molar-refractivity contribution is -0.132. The zero-order valence-corrected chi connectivity index (χ0v) is 15.0. The monoisotopic (exact) mass is 321 g/mol. The first-order valence-corrected chi connectivity index (χ1v) is 8.97. The van der Waals surface area contributed by atoms with Gasteiger partial charge in [0.2, 0.25) is 5.91 Å². The van der Waals surface area contributed by atoms with Crippen LogP contribution in [0.3, 0.4) is 0 Å². The number of nitrogens with zero attached hydrogens (tertiary/aromatic N) is 1. The number of hydrogen-bond acceptors (Lipinski definition) is 1. The van der Waals surface area contributed by atoms with Gasteiger partial charge >= 0.3 is 0 Å². The Balaban J connectivity index is 1.74. The summed E-state index contributed by atoms with van der Waals surface area (Å²) in [6.07, 6.45) is 2.77. The molecule has 1 aliphatic rings. The fourth-order valence-electron chi connectivity index (χ4n) is 3.89. The van der Waals surface area contributed by atoms with Crippen molar-refractivity contribution in [2.24, 2.45) is 0 Å². The molecule has 1 fully saturated rings. The standard InChI is InChI=1S/C22H27NO/c1-16-12-17(2)14-20(13-16)21-10-7-11-23(21)22(24)15-18(3)19-8-5-4-6-9-19/h4-6,8-9,12-14,18,21H,7,10-11,15H2,1-3H3. The van der Waals surface area contributed by atoms with Gasteiger partial charge in [-0.1, -0.05) is 66.6 Å². The van der Waals surface area contributed by atoms with Gasteiger partial charge in [-0.15, -0.1) is 0 Å². The molecular formula is C22H27NO. The van der Waals surface area contributed by atoms with Crippen molar-refractivity contribution in [3.05, 3.63) is 70.8 Å². The Morgan fingerprint density at radius 3 is 2.46 bits per heavy atom. The fourth-order valence-corrected chi connectivity index (χ4v) is 3.89. The molecule has 0 aliphatic carbocycles. The average molecular weight is 321 g/mol. The first kappa shape index (κ1) is 16.8. The molecule has 1 aliphatic heterocycles. The van der Waals surface area contributed by atoms with E-state index in [-0.39, 0.29) is 17.9 Å². The van der Waals surface area contributed by atoms with Gasteiger partial charge in [0, 0.05) is 13.0 Å². The van der Waals surface area contributed by atoms with Gasteiger partial charge in [0.25, 0.3) is 0 Å². The Hall–Kier alpha value is -2.09. The number of carbonyl (C=O) groups is 1. The second kappa shape index (κ2) is 7.21. The van der Waals surface area contributed by atoms with Gasteiger partial charge in [-0.3, -0.25) is 4.79 Å². The predicted molar refractivity (Wildman–Crippen MR) is 99.1 cm³/mol. The van der Waals surface area contributed by atoms with Crippen molar-refractivity contribution in [2.45, 2.75) is 52.0 Å². The van der Waals surface area contributed by atoms with E-state index in [9.17, 15) is 4.79 Å². The SMILES string of the molecule is Cc1cc(C)cc(C2CCCN2C(=O)CC(C)c2ccccc2)c1. The van der Waals surface area contributed by atoms with Crippen LogP contribution in [0.1, 0.15) is 60.4 Å². The first-order chi connectivity index (χ1) is 11.5. The number of amides is 1. The molecule has 0 bridgehead atoms. The van der Waals surface area contributed by atoms with Crippen molar-refractivity contribution >= 4 is 5.91 Å². The highest BCUT2D eigenvalue weighted by Gasteiger charge is 2.30. The smallest absolute Gasteiger partial charge is 0.223 e. The van der Waals surface area contributed by atoms with Crippen LogP contribution in [0.2, 0.25) is 0 Å². The van der Waals surface area contributed by atoms with Crippen molar-refractivity contribution in [3.8, 4) is 0 Å². The maximum absolute atomic E-state index is 12.9. The summed E-state index contributed by atoms with van der Waals surface area (Å²) in [4.78, 5) is 15.0. The van der Waals surface area contributed by atoms with Crippen LogP contribution in [0.4, 0.5) is 0 Å². The van der Waals surface area contributed by atoms with Crippen LogP contribution in [-0.2, 0) is 4.79 Å². The van der Waals surface area contributed by atoms with E-state index in [2.05, 4.69) is 56.0 Å². The Labute approximate surface area is 145 Å². The number of carbonyl (C=O) groups excluding carboxylic acids is 1. The van der Waals surface area contributed by atoms with E-state index in [1.807, 2.05) is 18.2 Å². The second-order valence-electron chi connectivity index (χ2n) is 7.18. The lowest BCUT2D eigenvalue weighted by atomic mass is 9.96. The third-order valence-electron chi connectivity index (χ3n) is 5.05. The van der Waals surface area contributed by atoms with E-state index in [1.54, 1.807) is 0 Å². The molecule has 0 aromatic heterocycles. The summed E-state index contributed by atoms with van der Waals surface area (Å²) < 4.78 is 0. The number of hydrogen-bond donors (Lipinski definition) is 0. The van der Waals surface area contributed by atoms with Crippen molar-refractivity contribution in [1.29, 1.82) is 0 Å². The molecule has 24 heavy (non-hydrogen) atoms.